The second kappa shape index (κ2) is 8.90. The highest BCUT2D eigenvalue weighted by Gasteiger charge is 2.20. The van der Waals surface area contributed by atoms with Gasteiger partial charge in [0.1, 0.15) is 9.88 Å². The molecule has 27 heavy (non-hydrogen) atoms. The van der Waals surface area contributed by atoms with Crippen LogP contribution in [-0.2, 0) is 11.8 Å². The minimum Gasteiger partial charge on any atom is -0.481 e. The number of carboxylic acids is 1. The standard InChI is InChI=1S/C18H24N4O4S/c1-10-11(2)21-22(4)18(26)14(10)17-20-12(3)15(27-17)16(25)19-9-7-5-6-8-13(23)24/h5-9H2,1-4H3,(H,19,25)(H,23,24). The lowest BCUT2D eigenvalue weighted by atomic mass is 10.1. The first-order chi connectivity index (χ1) is 12.7. The molecule has 8 nitrogen and oxygen atoms in total. The third-order valence-corrected chi connectivity index (χ3v) is 5.47. The minimum atomic E-state index is -0.806. The highest BCUT2D eigenvalue weighted by molar-refractivity contribution is 7.17. The summed E-state index contributed by atoms with van der Waals surface area (Å²) in [5, 5.41) is 16.1. The van der Waals surface area contributed by atoms with Crippen molar-refractivity contribution in [2.75, 3.05) is 6.54 Å². The van der Waals surface area contributed by atoms with Gasteiger partial charge in [-0.25, -0.2) is 9.67 Å². The highest BCUT2D eigenvalue weighted by atomic mass is 32.1. The molecule has 2 aromatic heterocycles. The molecule has 146 valence electrons. The lowest BCUT2D eigenvalue weighted by Gasteiger charge is -2.07. The van der Waals surface area contributed by atoms with Crippen molar-refractivity contribution in [2.24, 2.45) is 7.05 Å². The van der Waals surface area contributed by atoms with E-state index in [2.05, 4.69) is 15.4 Å². The van der Waals surface area contributed by atoms with E-state index in [1.807, 2.05) is 13.8 Å². The van der Waals surface area contributed by atoms with E-state index in [4.69, 9.17) is 5.11 Å². The van der Waals surface area contributed by atoms with Gasteiger partial charge in [0.2, 0.25) is 0 Å². The number of hydrogen-bond donors (Lipinski definition) is 2. The van der Waals surface area contributed by atoms with Gasteiger partial charge in [0, 0.05) is 20.0 Å². The van der Waals surface area contributed by atoms with E-state index in [0.29, 0.717) is 40.5 Å². The Bertz CT molecular complexity index is 917. The maximum absolute atomic E-state index is 12.5. The number of aromatic nitrogens is 3. The lowest BCUT2D eigenvalue weighted by Crippen LogP contribution is -2.24. The summed E-state index contributed by atoms with van der Waals surface area (Å²) in [7, 11) is 1.59. The van der Waals surface area contributed by atoms with Gasteiger partial charge in [-0.2, -0.15) is 5.10 Å². The summed E-state index contributed by atoms with van der Waals surface area (Å²) in [6.07, 6.45) is 2.20. The normalized spacial score (nSPS) is 10.8. The first kappa shape index (κ1) is 20.8. The van der Waals surface area contributed by atoms with E-state index in [9.17, 15) is 14.4 Å². The zero-order chi connectivity index (χ0) is 20.1. The summed E-state index contributed by atoms with van der Waals surface area (Å²) in [6, 6.07) is 0. The number of carbonyl (C=O) groups is 2. The van der Waals surface area contributed by atoms with E-state index >= 15 is 0 Å². The molecule has 2 rings (SSSR count). The van der Waals surface area contributed by atoms with Crippen molar-refractivity contribution in [3.63, 3.8) is 0 Å². The number of nitrogens with zero attached hydrogens (tertiary/aromatic N) is 3. The van der Waals surface area contributed by atoms with Crippen LogP contribution >= 0.6 is 11.3 Å². The average Bonchev–Trinajstić information content (AvgIpc) is 2.97. The number of carboxylic acid groups (broad SMARTS) is 1. The number of rotatable bonds is 8. The second-order valence-electron chi connectivity index (χ2n) is 6.41. The third-order valence-electron chi connectivity index (χ3n) is 4.30. The van der Waals surface area contributed by atoms with E-state index in [1.54, 1.807) is 14.0 Å². The lowest BCUT2D eigenvalue weighted by molar-refractivity contribution is -0.137. The Morgan fingerprint density at radius 1 is 1.15 bits per heavy atom. The Labute approximate surface area is 161 Å². The van der Waals surface area contributed by atoms with Crippen molar-refractivity contribution in [1.82, 2.24) is 20.1 Å². The molecular weight excluding hydrogens is 368 g/mol. The molecule has 0 atom stereocenters. The number of hydrogen-bond acceptors (Lipinski definition) is 6. The summed E-state index contributed by atoms with van der Waals surface area (Å²) in [5.41, 5.74) is 2.32. The van der Waals surface area contributed by atoms with Crippen LogP contribution < -0.4 is 10.9 Å². The van der Waals surface area contributed by atoms with Gasteiger partial charge in [-0.15, -0.1) is 11.3 Å². The fourth-order valence-corrected chi connectivity index (χ4v) is 3.75. The van der Waals surface area contributed by atoms with E-state index in [-0.39, 0.29) is 17.9 Å². The smallest absolute Gasteiger partial charge is 0.303 e. The zero-order valence-corrected chi connectivity index (χ0v) is 16.8. The summed E-state index contributed by atoms with van der Waals surface area (Å²) >= 11 is 1.20. The van der Waals surface area contributed by atoms with Crippen LogP contribution in [0.4, 0.5) is 0 Å². The van der Waals surface area contributed by atoms with Crippen molar-refractivity contribution in [3.8, 4) is 10.6 Å². The molecule has 0 aromatic carbocycles. The summed E-state index contributed by atoms with van der Waals surface area (Å²) in [5.74, 6) is -1.03. The molecule has 0 aliphatic carbocycles. The van der Waals surface area contributed by atoms with Crippen molar-refractivity contribution >= 4 is 23.2 Å². The molecule has 1 amide bonds. The molecule has 0 fully saturated rings. The van der Waals surface area contributed by atoms with Gasteiger partial charge in [-0.05, 0) is 39.2 Å². The molecule has 0 spiro atoms. The van der Waals surface area contributed by atoms with Crippen LogP contribution in [0.25, 0.3) is 10.6 Å². The average molecular weight is 392 g/mol. The quantitative estimate of drug-likeness (QED) is 0.666. The number of nitrogens with one attached hydrogen (secondary N) is 1. The molecule has 0 radical (unpaired) electrons. The van der Waals surface area contributed by atoms with Gasteiger partial charge in [-0.3, -0.25) is 14.4 Å². The Morgan fingerprint density at radius 3 is 2.52 bits per heavy atom. The number of carbonyl (C=O) groups excluding carboxylic acids is 1. The Hall–Kier alpha value is -2.55. The predicted octanol–water partition coefficient (Wildman–Crippen LogP) is 2.20. The molecule has 0 saturated carbocycles. The molecule has 0 saturated heterocycles. The van der Waals surface area contributed by atoms with Crippen molar-refractivity contribution in [1.29, 1.82) is 0 Å². The third kappa shape index (κ3) is 5.00. The fraction of sp³-hybridized carbons (Fsp3) is 0.500. The Morgan fingerprint density at radius 2 is 1.85 bits per heavy atom. The van der Waals surface area contributed by atoms with E-state index < -0.39 is 5.97 Å². The van der Waals surface area contributed by atoms with Gasteiger partial charge >= 0.3 is 5.97 Å². The van der Waals surface area contributed by atoms with Crippen LogP contribution in [0.15, 0.2) is 4.79 Å². The SMILES string of the molecule is Cc1nc(-c2c(C)c(C)nn(C)c2=O)sc1C(=O)NCCCCCC(=O)O. The minimum absolute atomic E-state index is 0.144. The Balaban J connectivity index is 2.10. The summed E-state index contributed by atoms with van der Waals surface area (Å²) in [6.45, 7) is 5.87. The molecule has 2 aromatic rings. The van der Waals surface area contributed by atoms with E-state index in [0.717, 1.165) is 17.7 Å². The number of amides is 1. The molecule has 0 bridgehead atoms. The molecule has 0 aliphatic heterocycles. The van der Waals surface area contributed by atoms with Crippen LogP contribution in [0.5, 0.6) is 0 Å². The van der Waals surface area contributed by atoms with Gasteiger partial charge < -0.3 is 10.4 Å². The van der Waals surface area contributed by atoms with Crippen molar-refractivity contribution < 1.29 is 14.7 Å². The van der Waals surface area contributed by atoms with E-state index in [1.165, 1.54) is 16.0 Å². The molecule has 0 unspecified atom stereocenters. The van der Waals surface area contributed by atoms with Gasteiger partial charge in [0.15, 0.2) is 0 Å². The Kier molecular flexibility index (Phi) is 6.84. The molecule has 0 aliphatic rings. The number of thiazole rings is 1. The van der Waals surface area contributed by atoms with Gasteiger partial charge in [-0.1, -0.05) is 6.42 Å². The largest absolute Gasteiger partial charge is 0.481 e. The van der Waals surface area contributed by atoms with Gasteiger partial charge in [0.05, 0.1) is 17.0 Å². The number of aliphatic carboxylic acids is 1. The first-order valence-corrected chi connectivity index (χ1v) is 9.56. The zero-order valence-electron chi connectivity index (χ0n) is 16.0. The van der Waals surface area contributed by atoms with Crippen molar-refractivity contribution in [2.45, 2.75) is 46.5 Å². The molecule has 2 N–H and O–H groups in total. The second-order valence-corrected chi connectivity index (χ2v) is 7.41. The van der Waals surface area contributed by atoms with Crippen LogP contribution in [0.1, 0.15) is 52.3 Å². The molecule has 9 heteroatoms. The highest BCUT2D eigenvalue weighted by Crippen LogP contribution is 2.28. The van der Waals surface area contributed by atoms with Crippen LogP contribution in [0.2, 0.25) is 0 Å². The topological polar surface area (TPSA) is 114 Å². The molecule has 2 heterocycles. The summed E-state index contributed by atoms with van der Waals surface area (Å²) < 4.78 is 1.28. The molecular formula is C18H24N4O4S. The summed E-state index contributed by atoms with van der Waals surface area (Å²) in [4.78, 5) is 40.3. The van der Waals surface area contributed by atoms with Crippen LogP contribution in [-0.4, -0.2) is 38.3 Å². The number of unbranched alkanes of at least 4 members (excludes halogenated alkanes) is 2. The van der Waals surface area contributed by atoms with Crippen LogP contribution in [0.3, 0.4) is 0 Å². The maximum atomic E-state index is 12.5. The first-order valence-electron chi connectivity index (χ1n) is 8.74. The van der Waals surface area contributed by atoms with Crippen LogP contribution in [0, 0.1) is 20.8 Å². The fourth-order valence-electron chi connectivity index (χ4n) is 2.67. The predicted molar refractivity (Wildman–Crippen MR) is 103 cm³/mol. The maximum Gasteiger partial charge on any atom is 0.303 e. The van der Waals surface area contributed by atoms with Gasteiger partial charge in [0.25, 0.3) is 11.5 Å². The number of aryl methyl sites for hydroxylation is 3. The monoisotopic (exact) mass is 392 g/mol. The van der Waals surface area contributed by atoms with Crippen molar-refractivity contribution in [3.05, 3.63) is 32.2 Å².